The first-order valence-electron chi connectivity index (χ1n) is 6.20. The van der Waals surface area contributed by atoms with E-state index in [9.17, 15) is 18.3 Å². The molecule has 1 heterocycles. The number of sulfonamides is 1. The number of aryl methyl sites for hydroxylation is 1. The van der Waals surface area contributed by atoms with Crippen molar-refractivity contribution in [2.24, 2.45) is 0 Å². The fourth-order valence-electron chi connectivity index (χ4n) is 2.38. The Labute approximate surface area is 116 Å². The quantitative estimate of drug-likeness (QED) is 0.892. The lowest BCUT2D eigenvalue weighted by molar-refractivity contribution is -0.145. The van der Waals surface area contributed by atoms with E-state index in [-0.39, 0.29) is 4.21 Å². The normalized spacial score (nSPS) is 19.2. The standard InChI is InChI=1S/C12H17NO4S2/c1-9-5-6-10(18-9)19(16,17)13-12(11(14)15)7-3-2-4-8-12/h5-6,13H,2-4,7-8H2,1H3,(H,14,15). The molecular weight excluding hydrogens is 286 g/mol. The lowest BCUT2D eigenvalue weighted by atomic mass is 9.83. The Hall–Kier alpha value is -0.920. The van der Waals surface area contributed by atoms with E-state index < -0.39 is 21.5 Å². The molecule has 0 amide bonds. The van der Waals surface area contributed by atoms with Crippen LogP contribution >= 0.6 is 11.3 Å². The molecule has 1 aliphatic rings. The SMILES string of the molecule is Cc1ccc(S(=O)(=O)NC2(C(=O)O)CCCCC2)s1. The van der Waals surface area contributed by atoms with Gasteiger partial charge in [0.15, 0.2) is 0 Å². The van der Waals surface area contributed by atoms with E-state index in [2.05, 4.69) is 4.72 Å². The van der Waals surface area contributed by atoms with E-state index in [0.29, 0.717) is 12.8 Å². The average Bonchev–Trinajstić information content (AvgIpc) is 2.77. The van der Waals surface area contributed by atoms with Gasteiger partial charge in [-0.15, -0.1) is 11.3 Å². The van der Waals surface area contributed by atoms with E-state index >= 15 is 0 Å². The van der Waals surface area contributed by atoms with Gasteiger partial charge in [-0.3, -0.25) is 4.79 Å². The number of nitrogens with one attached hydrogen (secondary N) is 1. The molecule has 1 fully saturated rings. The highest BCUT2D eigenvalue weighted by molar-refractivity contribution is 7.91. The zero-order valence-corrected chi connectivity index (χ0v) is 12.3. The molecule has 1 aliphatic carbocycles. The van der Waals surface area contributed by atoms with Crippen molar-refractivity contribution in [3.8, 4) is 0 Å². The van der Waals surface area contributed by atoms with Crippen molar-refractivity contribution in [3.05, 3.63) is 17.0 Å². The summed E-state index contributed by atoms with van der Waals surface area (Å²) in [5.74, 6) is -1.08. The predicted molar refractivity (Wildman–Crippen MR) is 72.8 cm³/mol. The number of rotatable bonds is 4. The van der Waals surface area contributed by atoms with Gasteiger partial charge in [-0.2, -0.15) is 4.72 Å². The van der Waals surface area contributed by atoms with Crippen LogP contribution in [0.2, 0.25) is 0 Å². The maximum atomic E-state index is 12.3. The van der Waals surface area contributed by atoms with Crippen molar-refractivity contribution < 1.29 is 18.3 Å². The van der Waals surface area contributed by atoms with E-state index in [4.69, 9.17) is 0 Å². The monoisotopic (exact) mass is 303 g/mol. The van der Waals surface area contributed by atoms with Crippen molar-refractivity contribution >= 4 is 27.3 Å². The number of carboxylic acid groups (broad SMARTS) is 1. The third-order valence-corrected chi connectivity index (χ3v) is 6.46. The molecule has 1 aromatic rings. The number of thiophene rings is 1. The van der Waals surface area contributed by atoms with Gasteiger partial charge in [0.1, 0.15) is 9.75 Å². The third-order valence-electron chi connectivity index (χ3n) is 3.43. The summed E-state index contributed by atoms with van der Waals surface area (Å²) in [5.41, 5.74) is -1.34. The van der Waals surface area contributed by atoms with Crippen LogP contribution < -0.4 is 4.72 Å². The van der Waals surface area contributed by atoms with Crippen molar-refractivity contribution in [2.45, 2.75) is 48.8 Å². The summed E-state index contributed by atoms with van der Waals surface area (Å²) in [7, 11) is -3.75. The van der Waals surface area contributed by atoms with E-state index in [0.717, 1.165) is 35.5 Å². The summed E-state index contributed by atoms with van der Waals surface area (Å²) in [4.78, 5) is 12.3. The zero-order chi connectivity index (χ0) is 14.1. The lowest BCUT2D eigenvalue weighted by Gasteiger charge is -2.33. The zero-order valence-electron chi connectivity index (χ0n) is 10.7. The van der Waals surface area contributed by atoms with Gasteiger partial charge in [0.05, 0.1) is 0 Å². The van der Waals surface area contributed by atoms with Gasteiger partial charge in [-0.25, -0.2) is 8.42 Å². The second-order valence-corrected chi connectivity index (χ2v) is 8.12. The van der Waals surface area contributed by atoms with E-state index in [1.165, 1.54) is 6.07 Å². The summed E-state index contributed by atoms with van der Waals surface area (Å²) < 4.78 is 27.1. The topological polar surface area (TPSA) is 83.5 Å². The van der Waals surface area contributed by atoms with Gasteiger partial charge in [-0.05, 0) is 31.9 Å². The minimum Gasteiger partial charge on any atom is -0.480 e. The molecule has 2 N–H and O–H groups in total. The summed E-state index contributed by atoms with van der Waals surface area (Å²) in [6.45, 7) is 1.82. The molecule has 106 valence electrons. The van der Waals surface area contributed by atoms with Crippen LogP contribution in [0.4, 0.5) is 0 Å². The molecular formula is C12H17NO4S2. The van der Waals surface area contributed by atoms with Crippen molar-refractivity contribution in [3.63, 3.8) is 0 Å². The number of carbonyl (C=O) groups is 1. The van der Waals surface area contributed by atoms with Crippen LogP contribution in [0.15, 0.2) is 16.3 Å². The minimum atomic E-state index is -3.75. The smallest absolute Gasteiger partial charge is 0.324 e. The number of hydrogen-bond acceptors (Lipinski definition) is 4. The first-order valence-corrected chi connectivity index (χ1v) is 8.50. The van der Waals surface area contributed by atoms with Gasteiger partial charge in [0.25, 0.3) is 10.0 Å². The molecule has 0 saturated heterocycles. The van der Waals surface area contributed by atoms with Gasteiger partial charge in [0, 0.05) is 4.88 Å². The Kier molecular flexibility index (Phi) is 3.98. The van der Waals surface area contributed by atoms with Gasteiger partial charge in [0.2, 0.25) is 0 Å². The highest BCUT2D eigenvalue weighted by Crippen LogP contribution is 2.31. The summed E-state index contributed by atoms with van der Waals surface area (Å²) in [5, 5.41) is 9.38. The number of carboxylic acids is 1. The van der Waals surface area contributed by atoms with Crippen molar-refractivity contribution in [2.75, 3.05) is 0 Å². The highest BCUT2D eigenvalue weighted by atomic mass is 32.2. The van der Waals surface area contributed by atoms with Crippen LogP contribution in [-0.4, -0.2) is 25.0 Å². The molecule has 0 bridgehead atoms. The average molecular weight is 303 g/mol. The van der Waals surface area contributed by atoms with E-state index in [1.807, 2.05) is 6.92 Å². The summed E-state index contributed by atoms with van der Waals surface area (Å²) in [6, 6.07) is 3.23. The fourth-order valence-corrected chi connectivity index (χ4v) is 5.08. The lowest BCUT2D eigenvalue weighted by Crippen LogP contribution is -2.55. The third kappa shape index (κ3) is 2.98. The minimum absolute atomic E-state index is 0.177. The number of aliphatic carboxylic acids is 1. The Morgan fingerprint density at radius 3 is 2.42 bits per heavy atom. The fraction of sp³-hybridized carbons (Fsp3) is 0.583. The molecule has 0 radical (unpaired) electrons. The van der Waals surface area contributed by atoms with Crippen molar-refractivity contribution in [1.29, 1.82) is 0 Å². The molecule has 0 atom stereocenters. The molecule has 0 aliphatic heterocycles. The largest absolute Gasteiger partial charge is 0.480 e. The predicted octanol–water partition coefficient (Wildman–Crippen LogP) is 2.12. The molecule has 0 aromatic carbocycles. The Morgan fingerprint density at radius 1 is 1.32 bits per heavy atom. The summed E-state index contributed by atoms with van der Waals surface area (Å²) in [6.07, 6.45) is 3.13. The van der Waals surface area contributed by atoms with Crippen LogP contribution in [0.1, 0.15) is 37.0 Å². The molecule has 1 saturated carbocycles. The van der Waals surface area contributed by atoms with Crippen LogP contribution in [0, 0.1) is 6.92 Å². The maximum absolute atomic E-state index is 12.3. The molecule has 0 unspecified atom stereocenters. The molecule has 5 nitrogen and oxygen atoms in total. The van der Waals surface area contributed by atoms with Crippen molar-refractivity contribution in [1.82, 2.24) is 4.72 Å². The second kappa shape index (κ2) is 5.22. The molecule has 19 heavy (non-hydrogen) atoms. The Morgan fingerprint density at radius 2 is 1.95 bits per heavy atom. The van der Waals surface area contributed by atoms with Crippen LogP contribution in [0.25, 0.3) is 0 Å². The van der Waals surface area contributed by atoms with Gasteiger partial charge in [-0.1, -0.05) is 19.3 Å². The summed E-state index contributed by atoms with van der Waals surface area (Å²) >= 11 is 1.15. The van der Waals surface area contributed by atoms with Gasteiger partial charge < -0.3 is 5.11 Å². The second-order valence-electron chi connectivity index (χ2n) is 4.92. The Balaban J connectivity index is 2.29. The molecule has 7 heteroatoms. The first kappa shape index (κ1) is 14.5. The van der Waals surface area contributed by atoms with Crippen LogP contribution in [0.3, 0.4) is 0 Å². The molecule has 2 rings (SSSR count). The first-order chi connectivity index (χ1) is 8.86. The molecule has 0 spiro atoms. The Bertz CT molecular complexity index is 570. The van der Waals surface area contributed by atoms with Gasteiger partial charge >= 0.3 is 5.97 Å². The highest BCUT2D eigenvalue weighted by Gasteiger charge is 2.43. The van der Waals surface area contributed by atoms with E-state index in [1.54, 1.807) is 6.07 Å². The number of hydrogen-bond donors (Lipinski definition) is 2. The molecule has 1 aromatic heterocycles. The van der Waals surface area contributed by atoms with Crippen LogP contribution in [0.5, 0.6) is 0 Å². The van der Waals surface area contributed by atoms with Crippen LogP contribution in [-0.2, 0) is 14.8 Å². The maximum Gasteiger partial charge on any atom is 0.324 e.